The number of amides is 1. The molecule has 0 aliphatic rings. The fourth-order valence-electron chi connectivity index (χ4n) is 1.58. The number of rotatable bonds is 3. The highest BCUT2D eigenvalue weighted by Gasteiger charge is 2.20. The van der Waals surface area contributed by atoms with Crippen LogP contribution < -0.4 is 11.1 Å². The second-order valence-corrected chi connectivity index (χ2v) is 4.77. The van der Waals surface area contributed by atoms with Crippen molar-refractivity contribution in [1.29, 1.82) is 5.26 Å². The van der Waals surface area contributed by atoms with Crippen LogP contribution in [0.1, 0.15) is 29.9 Å². The molecule has 7 nitrogen and oxygen atoms in total. The first-order chi connectivity index (χ1) is 9.44. The standard InChI is InChI=1S/C13H13N5O2/c1-13(2,7-14)8-3-5-9(6-4-8)16-12(19)10-11(15)18-20-17-10/h3-6H,1-2H3,(H2,15,18)(H,16,19). The van der Waals surface area contributed by atoms with Crippen molar-refractivity contribution in [3.8, 4) is 6.07 Å². The van der Waals surface area contributed by atoms with Gasteiger partial charge in [0.2, 0.25) is 11.5 Å². The van der Waals surface area contributed by atoms with Crippen LogP contribution in [0, 0.1) is 11.3 Å². The van der Waals surface area contributed by atoms with E-state index in [1.165, 1.54) is 0 Å². The molecule has 20 heavy (non-hydrogen) atoms. The lowest BCUT2D eigenvalue weighted by molar-refractivity contribution is 0.101. The van der Waals surface area contributed by atoms with Crippen LogP contribution in [0.25, 0.3) is 0 Å². The zero-order valence-electron chi connectivity index (χ0n) is 11.0. The molecule has 0 fully saturated rings. The monoisotopic (exact) mass is 271 g/mol. The van der Waals surface area contributed by atoms with E-state index in [2.05, 4.69) is 26.3 Å². The largest absolute Gasteiger partial charge is 0.379 e. The Morgan fingerprint density at radius 3 is 2.50 bits per heavy atom. The van der Waals surface area contributed by atoms with Gasteiger partial charge in [-0.2, -0.15) is 5.26 Å². The first kappa shape index (κ1) is 13.5. The van der Waals surface area contributed by atoms with E-state index in [1.807, 2.05) is 13.8 Å². The highest BCUT2D eigenvalue weighted by Crippen LogP contribution is 2.23. The van der Waals surface area contributed by atoms with Crippen LogP contribution in [0.5, 0.6) is 0 Å². The van der Waals surface area contributed by atoms with Crippen LogP contribution in [-0.2, 0) is 5.41 Å². The lowest BCUT2D eigenvalue weighted by Crippen LogP contribution is -2.16. The molecule has 0 spiro atoms. The van der Waals surface area contributed by atoms with Crippen LogP contribution in [0.15, 0.2) is 28.9 Å². The van der Waals surface area contributed by atoms with Crippen LogP contribution in [0.4, 0.5) is 11.5 Å². The Labute approximate surface area is 115 Å². The fourth-order valence-corrected chi connectivity index (χ4v) is 1.58. The van der Waals surface area contributed by atoms with E-state index in [-0.39, 0.29) is 11.5 Å². The minimum Gasteiger partial charge on any atom is -0.379 e. The molecular weight excluding hydrogens is 258 g/mol. The molecule has 7 heteroatoms. The molecule has 1 amide bonds. The first-order valence-corrected chi connectivity index (χ1v) is 5.85. The van der Waals surface area contributed by atoms with Gasteiger partial charge in [0, 0.05) is 5.69 Å². The summed E-state index contributed by atoms with van der Waals surface area (Å²) in [5.41, 5.74) is 6.21. The number of carbonyl (C=O) groups excluding carboxylic acids is 1. The summed E-state index contributed by atoms with van der Waals surface area (Å²) in [5.74, 6) is -0.569. The van der Waals surface area contributed by atoms with Crippen molar-refractivity contribution in [3.63, 3.8) is 0 Å². The van der Waals surface area contributed by atoms with E-state index in [0.29, 0.717) is 5.69 Å². The third-order valence-corrected chi connectivity index (χ3v) is 2.87. The van der Waals surface area contributed by atoms with Gasteiger partial charge in [-0.3, -0.25) is 4.79 Å². The van der Waals surface area contributed by atoms with Gasteiger partial charge >= 0.3 is 0 Å². The van der Waals surface area contributed by atoms with E-state index < -0.39 is 11.3 Å². The molecular formula is C13H13N5O2. The predicted molar refractivity (Wildman–Crippen MR) is 71.7 cm³/mol. The van der Waals surface area contributed by atoms with Crippen LogP contribution in [0.2, 0.25) is 0 Å². The summed E-state index contributed by atoms with van der Waals surface area (Å²) in [6, 6.07) is 9.18. The maximum atomic E-state index is 11.8. The Balaban J connectivity index is 2.15. The molecule has 2 aromatic rings. The molecule has 2 rings (SSSR count). The number of nitriles is 1. The summed E-state index contributed by atoms with van der Waals surface area (Å²) in [4.78, 5) is 11.8. The van der Waals surface area contributed by atoms with Crippen molar-refractivity contribution >= 4 is 17.4 Å². The van der Waals surface area contributed by atoms with Gasteiger partial charge in [-0.15, -0.1) is 0 Å². The van der Waals surface area contributed by atoms with Crippen LogP contribution in [-0.4, -0.2) is 16.2 Å². The molecule has 0 unspecified atom stereocenters. The number of hydrogen-bond donors (Lipinski definition) is 2. The normalized spacial score (nSPS) is 10.8. The highest BCUT2D eigenvalue weighted by atomic mass is 16.6. The van der Waals surface area contributed by atoms with Gasteiger partial charge in [-0.05, 0) is 41.9 Å². The van der Waals surface area contributed by atoms with Gasteiger partial charge in [0.25, 0.3) is 5.91 Å². The smallest absolute Gasteiger partial charge is 0.281 e. The van der Waals surface area contributed by atoms with Crippen molar-refractivity contribution in [2.24, 2.45) is 0 Å². The molecule has 1 heterocycles. The Morgan fingerprint density at radius 1 is 1.35 bits per heavy atom. The van der Waals surface area contributed by atoms with Gasteiger partial charge in [0.05, 0.1) is 11.5 Å². The van der Waals surface area contributed by atoms with E-state index in [4.69, 9.17) is 11.0 Å². The molecule has 1 aromatic heterocycles. The maximum Gasteiger partial charge on any atom is 0.281 e. The van der Waals surface area contributed by atoms with Crippen molar-refractivity contribution in [2.45, 2.75) is 19.3 Å². The zero-order valence-corrected chi connectivity index (χ0v) is 11.0. The third-order valence-electron chi connectivity index (χ3n) is 2.87. The van der Waals surface area contributed by atoms with Crippen molar-refractivity contribution in [1.82, 2.24) is 10.3 Å². The lowest BCUT2D eigenvalue weighted by atomic mass is 9.86. The summed E-state index contributed by atoms with van der Waals surface area (Å²) < 4.78 is 4.36. The van der Waals surface area contributed by atoms with Crippen molar-refractivity contribution < 1.29 is 9.42 Å². The first-order valence-electron chi connectivity index (χ1n) is 5.85. The number of carbonyl (C=O) groups is 1. The van der Waals surface area contributed by atoms with Gasteiger partial charge < -0.3 is 11.1 Å². The number of nitrogens with one attached hydrogen (secondary N) is 1. The van der Waals surface area contributed by atoms with Crippen LogP contribution >= 0.6 is 0 Å². The van der Waals surface area contributed by atoms with Crippen molar-refractivity contribution in [2.75, 3.05) is 11.1 Å². The summed E-state index contributed by atoms with van der Waals surface area (Å²) in [6.45, 7) is 3.64. The number of benzene rings is 1. The van der Waals surface area contributed by atoms with Gasteiger partial charge in [0.1, 0.15) is 0 Å². The van der Waals surface area contributed by atoms with Gasteiger partial charge in [0.15, 0.2) is 0 Å². The Hall–Kier alpha value is -2.88. The number of nitrogens with two attached hydrogens (primary N) is 1. The molecule has 1 aromatic carbocycles. The molecule has 0 radical (unpaired) electrons. The minimum absolute atomic E-state index is 0.0635. The van der Waals surface area contributed by atoms with E-state index in [0.717, 1.165) is 5.56 Å². The minimum atomic E-state index is -0.580. The summed E-state index contributed by atoms with van der Waals surface area (Å²) in [7, 11) is 0. The summed E-state index contributed by atoms with van der Waals surface area (Å²) >= 11 is 0. The molecule has 0 saturated carbocycles. The number of nitrogen functional groups attached to an aromatic ring is 1. The summed E-state index contributed by atoms with van der Waals surface area (Å²) in [6.07, 6.45) is 0. The molecule has 102 valence electrons. The highest BCUT2D eigenvalue weighted by molar-refractivity contribution is 6.05. The predicted octanol–water partition coefficient (Wildman–Crippen LogP) is 1.71. The number of hydrogen-bond acceptors (Lipinski definition) is 6. The molecule has 0 atom stereocenters. The zero-order chi connectivity index (χ0) is 14.8. The maximum absolute atomic E-state index is 11.8. The average Bonchev–Trinajstić information content (AvgIpc) is 2.85. The van der Waals surface area contributed by atoms with Crippen molar-refractivity contribution in [3.05, 3.63) is 35.5 Å². The molecule has 3 N–H and O–H groups in total. The van der Waals surface area contributed by atoms with Gasteiger partial charge in [-0.25, -0.2) is 4.63 Å². The van der Waals surface area contributed by atoms with E-state index in [1.54, 1.807) is 24.3 Å². The molecule has 0 aliphatic carbocycles. The molecule has 0 aliphatic heterocycles. The number of nitrogens with zero attached hydrogens (tertiary/aromatic N) is 3. The Kier molecular flexibility index (Phi) is 3.39. The number of aromatic nitrogens is 2. The fraction of sp³-hybridized carbons (Fsp3) is 0.231. The SMILES string of the molecule is CC(C)(C#N)c1ccc(NC(=O)c2nonc2N)cc1. The van der Waals surface area contributed by atoms with Crippen LogP contribution in [0.3, 0.4) is 0 Å². The number of anilines is 2. The van der Waals surface area contributed by atoms with E-state index in [9.17, 15) is 4.79 Å². The molecule has 0 bridgehead atoms. The third kappa shape index (κ3) is 2.59. The lowest BCUT2D eigenvalue weighted by Gasteiger charge is -2.16. The summed E-state index contributed by atoms with van der Waals surface area (Å²) in [5, 5.41) is 18.4. The van der Waals surface area contributed by atoms with Gasteiger partial charge in [-0.1, -0.05) is 12.1 Å². The Morgan fingerprint density at radius 2 is 2.00 bits per heavy atom. The molecule has 0 saturated heterocycles. The second kappa shape index (κ2) is 5.01. The quantitative estimate of drug-likeness (QED) is 0.877. The topological polar surface area (TPSA) is 118 Å². The second-order valence-electron chi connectivity index (χ2n) is 4.77. The Bertz CT molecular complexity index is 667. The van der Waals surface area contributed by atoms with E-state index >= 15 is 0 Å². The average molecular weight is 271 g/mol.